The Morgan fingerprint density at radius 3 is 2.25 bits per heavy atom. The summed E-state index contributed by atoms with van der Waals surface area (Å²) in [4.78, 5) is 3.56. The average molecular weight is 308 g/mol. The molecular formula is C10H5BrF3NS. The van der Waals surface area contributed by atoms with Crippen LogP contribution in [0.1, 0.15) is 5.69 Å². The Morgan fingerprint density at radius 1 is 1.12 bits per heavy atom. The Bertz CT molecular complexity index is 490. The Labute approximate surface area is 102 Å². The van der Waals surface area contributed by atoms with Gasteiger partial charge in [0.05, 0.1) is 0 Å². The quantitative estimate of drug-likeness (QED) is 0.751. The van der Waals surface area contributed by atoms with Gasteiger partial charge in [-0.15, -0.1) is 11.3 Å². The first-order valence-corrected chi connectivity index (χ1v) is 5.93. The first-order chi connectivity index (χ1) is 7.47. The molecule has 0 atom stereocenters. The lowest BCUT2D eigenvalue weighted by molar-refractivity contribution is -0.140. The molecule has 0 bridgehead atoms. The van der Waals surface area contributed by atoms with Gasteiger partial charge in [-0.25, -0.2) is 4.98 Å². The van der Waals surface area contributed by atoms with Crippen molar-refractivity contribution in [3.05, 3.63) is 39.8 Å². The monoisotopic (exact) mass is 307 g/mol. The Morgan fingerprint density at radius 2 is 1.75 bits per heavy atom. The van der Waals surface area contributed by atoms with E-state index in [1.807, 2.05) is 0 Å². The minimum absolute atomic E-state index is 0.375. The van der Waals surface area contributed by atoms with E-state index in [2.05, 4.69) is 20.9 Å². The molecule has 0 saturated heterocycles. The van der Waals surface area contributed by atoms with Gasteiger partial charge >= 0.3 is 6.18 Å². The summed E-state index contributed by atoms with van der Waals surface area (Å²) in [6, 6.07) is 6.99. The maximum absolute atomic E-state index is 12.3. The molecular weight excluding hydrogens is 303 g/mol. The number of benzene rings is 1. The van der Waals surface area contributed by atoms with Gasteiger partial charge in [0.1, 0.15) is 5.01 Å². The molecule has 0 radical (unpaired) electrons. The third-order valence-electron chi connectivity index (χ3n) is 1.89. The maximum atomic E-state index is 12.3. The van der Waals surface area contributed by atoms with Crippen LogP contribution in [0.5, 0.6) is 0 Å². The van der Waals surface area contributed by atoms with E-state index < -0.39 is 11.9 Å². The highest BCUT2D eigenvalue weighted by Gasteiger charge is 2.33. The van der Waals surface area contributed by atoms with E-state index in [4.69, 9.17) is 0 Å². The van der Waals surface area contributed by atoms with Gasteiger partial charge in [-0.1, -0.05) is 28.1 Å². The molecule has 16 heavy (non-hydrogen) atoms. The lowest BCUT2D eigenvalue weighted by atomic mass is 10.2. The van der Waals surface area contributed by atoms with Crippen molar-refractivity contribution in [2.45, 2.75) is 6.18 Å². The summed E-state index contributed by atoms with van der Waals surface area (Å²) in [5.74, 6) is 0. The summed E-state index contributed by atoms with van der Waals surface area (Å²) >= 11 is 4.25. The molecule has 0 fully saturated rings. The second-order valence-corrected chi connectivity index (χ2v) is 4.82. The zero-order valence-electron chi connectivity index (χ0n) is 7.75. The van der Waals surface area contributed by atoms with Crippen LogP contribution in [-0.2, 0) is 6.18 Å². The van der Waals surface area contributed by atoms with Crippen molar-refractivity contribution in [1.29, 1.82) is 0 Å². The van der Waals surface area contributed by atoms with E-state index in [9.17, 15) is 13.2 Å². The van der Waals surface area contributed by atoms with Crippen LogP contribution in [-0.4, -0.2) is 4.98 Å². The number of aromatic nitrogens is 1. The third kappa shape index (κ3) is 2.44. The highest BCUT2D eigenvalue weighted by atomic mass is 79.9. The molecule has 0 amide bonds. The molecule has 2 rings (SSSR count). The van der Waals surface area contributed by atoms with Crippen LogP contribution in [0.2, 0.25) is 0 Å². The van der Waals surface area contributed by atoms with Crippen molar-refractivity contribution in [3.8, 4) is 10.6 Å². The molecule has 0 aliphatic rings. The zero-order valence-corrected chi connectivity index (χ0v) is 10.2. The van der Waals surface area contributed by atoms with Gasteiger partial charge in [-0.05, 0) is 12.1 Å². The zero-order chi connectivity index (χ0) is 11.8. The van der Waals surface area contributed by atoms with Gasteiger partial charge in [-0.2, -0.15) is 13.2 Å². The summed E-state index contributed by atoms with van der Waals surface area (Å²) in [6.45, 7) is 0. The lowest BCUT2D eigenvalue weighted by Crippen LogP contribution is -2.04. The Hall–Kier alpha value is -0.880. The van der Waals surface area contributed by atoms with Crippen LogP contribution in [0.3, 0.4) is 0 Å². The van der Waals surface area contributed by atoms with Crippen molar-refractivity contribution >= 4 is 27.3 Å². The first kappa shape index (κ1) is 11.6. The second kappa shape index (κ2) is 4.18. The molecule has 0 spiro atoms. The van der Waals surface area contributed by atoms with Gasteiger partial charge < -0.3 is 0 Å². The van der Waals surface area contributed by atoms with E-state index in [0.29, 0.717) is 10.6 Å². The molecule has 1 aromatic heterocycles. The summed E-state index contributed by atoms with van der Waals surface area (Å²) < 4.78 is 37.8. The van der Waals surface area contributed by atoms with Crippen molar-refractivity contribution in [1.82, 2.24) is 4.98 Å². The average Bonchev–Trinajstić information content (AvgIpc) is 2.67. The SMILES string of the molecule is FC(F)(F)c1csc(-c2ccc(Br)cc2)n1. The van der Waals surface area contributed by atoms with E-state index in [1.54, 1.807) is 24.3 Å². The summed E-state index contributed by atoms with van der Waals surface area (Å²) in [6.07, 6.45) is -4.37. The van der Waals surface area contributed by atoms with Crippen LogP contribution in [0.15, 0.2) is 34.1 Å². The fourth-order valence-corrected chi connectivity index (χ4v) is 2.23. The number of hydrogen-bond donors (Lipinski definition) is 0. The lowest BCUT2D eigenvalue weighted by Gasteiger charge is -2.00. The van der Waals surface area contributed by atoms with Crippen LogP contribution in [0.25, 0.3) is 10.6 Å². The Kier molecular flexibility index (Phi) is 3.03. The van der Waals surface area contributed by atoms with Crippen molar-refractivity contribution in [3.63, 3.8) is 0 Å². The van der Waals surface area contributed by atoms with Crippen LogP contribution >= 0.6 is 27.3 Å². The summed E-state index contributed by atoms with van der Waals surface area (Å²) in [7, 11) is 0. The van der Waals surface area contributed by atoms with Gasteiger partial charge in [-0.3, -0.25) is 0 Å². The summed E-state index contributed by atoms with van der Waals surface area (Å²) in [5, 5.41) is 1.40. The van der Waals surface area contributed by atoms with Crippen molar-refractivity contribution in [2.24, 2.45) is 0 Å². The third-order valence-corrected chi connectivity index (χ3v) is 3.31. The number of rotatable bonds is 1. The van der Waals surface area contributed by atoms with Crippen LogP contribution in [0.4, 0.5) is 13.2 Å². The number of nitrogens with zero attached hydrogens (tertiary/aromatic N) is 1. The van der Waals surface area contributed by atoms with Crippen molar-refractivity contribution in [2.75, 3.05) is 0 Å². The van der Waals surface area contributed by atoms with Gasteiger partial charge in [0.2, 0.25) is 0 Å². The predicted octanol–water partition coefficient (Wildman–Crippen LogP) is 4.59. The first-order valence-electron chi connectivity index (χ1n) is 4.25. The maximum Gasteiger partial charge on any atom is 0.434 e. The topological polar surface area (TPSA) is 12.9 Å². The fourth-order valence-electron chi connectivity index (χ4n) is 1.13. The molecule has 0 aliphatic carbocycles. The fraction of sp³-hybridized carbons (Fsp3) is 0.100. The Balaban J connectivity index is 2.35. The van der Waals surface area contributed by atoms with E-state index in [-0.39, 0.29) is 0 Å². The molecule has 1 aromatic carbocycles. The van der Waals surface area contributed by atoms with Gasteiger partial charge in [0.15, 0.2) is 5.69 Å². The standard InChI is InChI=1S/C10H5BrF3NS/c11-7-3-1-6(2-4-7)9-15-8(5-16-9)10(12,13)14/h1-5H. The van der Waals surface area contributed by atoms with Crippen molar-refractivity contribution < 1.29 is 13.2 Å². The van der Waals surface area contributed by atoms with Crippen LogP contribution < -0.4 is 0 Å². The predicted molar refractivity (Wildman–Crippen MR) is 60.3 cm³/mol. The highest BCUT2D eigenvalue weighted by molar-refractivity contribution is 9.10. The number of thiazole rings is 1. The van der Waals surface area contributed by atoms with E-state index in [1.165, 1.54) is 0 Å². The van der Waals surface area contributed by atoms with E-state index >= 15 is 0 Å². The molecule has 2 aromatic rings. The molecule has 6 heteroatoms. The molecule has 0 aliphatic heterocycles. The number of hydrogen-bond acceptors (Lipinski definition) is 2. The van der Waals surface area contributed by atoms with Crippen LogP contribution in [0, 0.1) is 0 Å². The smallest absolute Gasteiger partial charge is 0.232 e. The van der Waals surface area contributed by atoms with Gasteiger partial charge in [0, 0.05) is 15.4 Å². The minimum Gasteiger partial charge on any atom is -0.232 e. The molecule has 0 N–H and O–H groups in total. The molecule has 0 unspecified atom stereocenters. The highest BCUT2D eigenvalue weighted by Crippen LogP contribution is 2.33. The second-order valence-electron chi connectivity index (χ2n) is 3.04. The van der Waals surface area contributed by atoms with Gasteiger partial charge in [0.25, 0.3) is 0 Å². The molecule has 1 heterocycles. The largest absolute Gasteiger partial charge is 0.434 e. The number of alkyl halides is 3. The molecule has 0 saturated carbocycles. The van der Waals surface area contributed by atoms with E-state index in [0.717, 1.165) is 21.2 Å². The summed E-state index contributed by atoms with van der Waals surface area (Å²) in [5.41, 5.74) is -0.154. The molecule has 84 valence electrons. The minimum atomic E-state index is -4.37. The normalized spacial score (nSPS) is 11.8. The number of halogens is 4. The molecule has 1 nitrogen and oxygen atoms in total.